The van der Waals surface area contributed by atoms with Crippen LogP contribution < -0.4 is 0 Å². The normalized spacial score (nSPS) is 9.89. The molecule has 0 heterocycles. The van der Waals surface area contributed by atoms with Gasteiger partial charge in [0.05, 0.1) is 25.3 Å². The van der Waals surface area contributed by atoms with E-state index < -0.39 is 0 Å². The fourth-order valence-corrected chi connectivity index (χ4v) is 3.13. The van der Waals surface area contributed by atoms with Crippen molar-refractivity contribution in [2.75, 3.05) is 14.2 Å². The Kier molecular flexibility index (Phi) is 9.49. The Morgan fingerprint density at radius 2 is 1.37 bits per heavy atom. The molecule has 4 nitrogen and oxygen atoms in total. The van der Waals surface area contributed by atoms with Crippen LogP contribution in [-0.2, 0) is 22.3 Å². The minimum absolute atomic E-state index is 0.250. The topological polar surface area (TPSA) is 52.6 Å². The number of benzene rings is 2. The van der Waals surface area contributed by atoms with Gasteiger partial charge in [-0.2, -0.15) is 0 Å². The van der Waals surface area contributed by atoms with Crippen molar-refractivity contribution in [1.82, 2.24) is 0 Å². The fraction of sp³-hybridized carbons (Fsp3) is 0.364. The van der Waals surface area contributed by atoms with Gasteiger partial charge in [0.1, 0.15) is 0 Å². The number of halogens is 1. The van der Waals surface area contributed by atoms with Crippen LogP contribution in [-0.4, -0.2) is 26.2 Å². The van der Waals surface area contributed by atoms with E-state index in [9.17, 15) is 9.59 Å². The first kappa shape index (κ1) is 23.1. The molecule has 2 aromatic carbocycles. The highest BCUT2D eigenvalue weighted by Gasteiger charge is 2.12. The Bertz CT molecular complexity index is 812. The molecule has 0 saturated carbocycles. The molecule has 0 amide bonds. The molecule has 0 unspecified atom stereocenters. The van der Waals surface area contributed by atoms with E-state index in [2.05, 4.69) is 27.3 Å². The number of hydrogen-bond donors (Lipinski definition) is 0. The van der Waals surface area contributed by atoms with Gasteiger partial charge in [0.15, 0.2) is 0 Å². The molecule has 27 heavy (non-hydrogen) atoms. The van der Waals surface area contributed by atoms with Crippen LogP contribution in [0.4, 0.5) is 0 Å². The SMILES string of the molecule is CCc1cc(C)c(I)cc1C(=O)OC.CCc1cc(C)ccc1C(=O)OC. The van der Waals surface area contributed by atoms with Gasteiger partial charge >= 0.3 is 11.9 Å². The van der Waals surface area contributed by atoms with E-state index >= 15 is 0 Å². The Labute approximate surface area is 175 Å². The summed E-state index contributed by atoms with van der Waals surface area (Å²) in [6.45, 7) is 8.12. The van der Waals surface area contributed by atoms with Crippen molar-refractivity contribution in [1.29, 1.82) is 0 Å². The Balaban J connectivity index is 0.000000271. The maximum absolute atomic E-state index is 11.4. The summed E-state index contributed by atoms with van der Waals surface area (Å²) in [6.07, 6.45) is 1.70. The van der Waals surface area contributed by atoms with Gasteiger partial charge in [0.2, 0.25) is 0 Å². The van der Waals surface area contributed by atoms with Gasteiger partial charge in [-0.3, -0.25) is 0 Å². The Morgan fingerprint density at radius 1 is 0.852 bits per heavy atom. The lowest BCUT2D eigenvalue weighted by molar-refractivity contribution is 0.0590. The predicted octanol–water partition coefficient (Wildman–Crippen LogP) is 5.29. The second kappa shape index (κ2) is 11.1. The third kappa shape index (κ3) is 6.34. The number of aryl methyl sites for hydroxylation is 4. The van der Waals surface area contributed by atoms with Gasteiger partial charge in [-0.1, -0.05) is 37.6 Å². The van der Waals surface area contributed by atoms with Crippen molar-refractivity contribution in [3.63, 3.8) is 0 Å². The summed E-state index contributed by atoms with van der Waals surface area (Å²) < 4.78 is 10.5. The molecule has 0 N–H and O–H groups in total. The van der Waals surface area contributed by atoms with Crippen LogP contribution >= 0.6 is 22.6 Å². The van der Waals surface area contributed by atoms with E-state index in [0.717, 1.165) is 27.5 Å². The average molecular weight is 482 g/mol. The summed E-state index contributed by atoms with van der Waals surface area (Å²) in [5, 5.41) is 0. The predicted molar refractivity (Wildman–Crippen MR) is 117 cm³/mol. The summed E-state index contributed by atoms with van der Waals surface area (Å²) in [4.78, 5) is 22.7. The van der Waals surface area contributed by atoms with Crippen LogP contribution in [0.5, 0.6) is 0 Å². The van der Waals surface area contributed by atoms with Gasteiger partial charge in [-0.15, -0.1) is 0 Å². The summed E-state index contributed by atoms with van der Waals surface area (Å²) in [5.74, 6) is -0.503. The quantitative estimate of drug-likeness (QED) is 0.439. The van der Waals surface area contributed by atoms with Crippen molar-refractivity contribution in [2.45, 2.75) is 40.5 Å². The number of ether oxygens (including phenoxy) is 2. The molecule has 2 rings (SSSR count). The summed E-state index contributed by atoms with van der Waals surface area (Å²) >= 11 is 2.22. The van der Waals surface area contributed by atoms with E-state index in [-0.39, 0.29) is 11.9 Å². The van der Waals surface area contributed by atoms with Crippen molar-refractivity contribution < 1.29 is 19.1 Å². The zero-order valence-electron chi connectivity index (χ0n) is 16.8. The lowest BCUT2D eigenvalue weighted by atomic mass is 10.0. The molecule has 0 bridgehead atoms. The highest BCUT2D eigenvalue weighted by atomic mass is 127. The van der Waals surface area contributed by atoms with Crippen molar-refractivity contribution in [3.05, 3.63) is 67.3 Å². The Morgan fingerprint density at radius 3 is 1.89 bits per heavy atom. The van der Waals surface area contributed by atoms with Gasteiger partial charge in [0, 0.05) is 3.57 Å². The van der Waals surface area contributed by atoms with Crippen molar-refractivity contribution in [2.24, 2.45) is 0 Å². The van der Waals surface area contributed by atoms with Crippen LogP contribution in [0, 0.1) is 17.4 Å². The first-order valence-corrected chi connectivity index (χ1v) is 9.91. The summed E-state index contributed by atoms with van der Waals surface area (Å²) in [5.41, 5.74) is 5.84. The number of methoxy groups -OCH3 is 2. The van der Waals surface area contributed by atoms with Crippen molar-refractivity contribution >= 4 is 34.5 Å². The van der Waals surface area contributed by atoms with E-state index in [0.29, 0.717) is 11.1 Å². The zero-order chi connectivity index (χ0) is 20.6. The van der Waals surface area contributed by atoms with E-state index in [1.165, 1.54) is 25.3 Å². The standard InChI is InChI=1S/C11H13IO2.C11H14O2/c1-4-8-5-7(2)10(12)6-9(8)11(13)14-3;1-4-9-7-8(2)5-6-10(9)11(12)13-3/h5-6H,4H2,1-3H3;5-7H,4H2,1-3H3. The fourth-order valence-electron chi connectivity index (χ4n) is 2.66. The number of rotatable bonds is 4. The number of carbonyl (C=O) groups excluding carboxylic acids is 2. The van der Waals surface area contributed by atoms with Crippen molar-refractivity contribution in [3.8, 4) is 0 Å². The van der Waals surface area contributed by atoms with Crippen LogP contribution in [0.25, 0.3) is 0 Å². The monoisotopic (exact) mass is 482 g/mol. The molecule has 0 aromatic heterocycles. The average Bonchev–Trinajstić information content (AvgIpc) is 2.68. The third-order valence-electron chi connectivity index (χ3n) is 4.22. The molecule has 0 saturated heterocycles. The van der Waals surface area contributed by atoms with Gasteiger partial charge < -0.3 is 9.47 Å². The summed E-state index contributed by atoms with van der Waals surface area (Å²) in [6, 6.07) is 9.70. The third-order valence-corrected chi connectivity index (χ3v) is 5.38. The highest BCUT2D eigenvalue weighted by Crippen LogP contribution is 2.19. The molecule has 0 atom stereocenters. The number of esters is 2. The maximum atomic E-state index is 11.4. The van der Waals surface area contributed by atoms with E-state index in [4.69, 9.17) is 4.74 Å². The number of carbonyl (C=O) groups is 2. The van der Waals surface area contributed by atoms with Gasteiger partial charge in [-0.25, -0.2) is 9.59 Å². The molecule has 0 aliphatic rings. The molecule has 0 spiro atoms. The maximum Gasteiger partial charge on any atom is 0.338 e. The summed E-state index contributed by atoms with van der Waals surface area (Å²) in [7, 11) is 2.82. The van der Waals surface area contributed by atoms with Crippen LogP contribution in [0.15, 0.2) is 30.3 Å². The zero-order valence-corrected chi connectivity index (χ0v) is 19.0. The minimum Gasteiger partial charge on any atom is -0.465 e. The van der Waals surface area contributed by atoms with Gasteiger partial charge in [0.25, 0.3) is 0 Å². The minimum atomic E-state index is -0.253. The highest BCUT2D eigenvalue weighted by molar-refractivity contribution is 14.1. The first-order valence-electron chi connectivity index (χ1n) is 8.84. The lowest BCUT2D eigenvalue weighted by Gasteiger charge is -2.08. The second-order valence-corrected chi connectivity index (χ2v) is 7.27. The smallest absolute Gasteiger partial charge is 0.338 e. The van der Waals surface area contributed by atoms with Crippen LogP contribution in [0.1, 0.15) is 56.8 Å². The second-order valence-electron chi connectivity index (χ2n) is 6.11. The molecule has 5 heteroatoms. The van der Waals surface area contributed by atoms with E-state index in [1.807, 2.05) is 58.0 Å². The molecule has 0 radical (unpaired) electrons. The molecule has 2 aromatic rings. The molecular formula is C22H27IO4. The largest absolute Gasteiger partial charge is 0.465 e. The number of hydrogen-bond acceptors (Lipinski definition) is 4. The molecule has 0 aliphatic heterocycles. The first-order chi connectivity index (χ1) is 12.8. The van der Waals surface area contributed by atoms with E-state index in [1.54, 1.807) is 0 Å². The molecule has 146 valence electrons. The van der Waals surface area contributed by atoms with Crippen LogP contribution in [0.3, 0.4) is 0 Å². The molecular weight excluding hydrogens is 455 g/mol. The molecule has 0 fully saturated rings. The Hall–Kier alpha value is -1.89. The van der Waals surface area contributed by atoms with Crippen LogP contribution in [0.2, 0.25) is 0 Å². The lowest BCUT2D eigenvalue weighted by Crippen LogP contribution is -2.06. The molecule has 0 aliphatic carbocycles. The van der Waals surface area contributed by atoms with Gasteiger partial charge in [-0.05, 0) is 78.1 Å².